The van der Waals surface area contributed by atoms with Crippen molar-refractivity contribution in [2.24, 2.45) is 0 Å². The summed E-state index contributed by atoms with van der Waals surface area (Å²) in [6.07, 6.45) is 3.79. The highest BCUT2D eigenvalue weighted by Crippen LogP contribution is 2.39. The lowest BCUT2D eigenvalue weighted by molar-refractivity contribution is -0.134. The van der Waals surface area contributed by atoms with Crippen LogP contribution in [-0.2, 0) is 19.6 Å². The number of aromatic nitrogens is 3. The maximum absolute atomic E-state index is 16.2. The summed E-state index contributed by atoms with van der Waals surface area (Å²) >= 11 is 1.36. The number of hydrogen-bond donors (Lipinski definition) is 3. The molecule has 3 saturated heterocycles. The highest BCUT2D eigenvalue weighted by Gasteiger charge is 2.37. The van der Waals surface area contributed by atoms with Gasteiger partial charge in [-0.15, -0.1) is 11.3 Å². The average molecular weight is 870 g/mol. The van der Waals surface area contributed by atoms with E-state index in [-0.39, 0.29) is 34.7 Å². The number of imide groups is 1. The number of piperidine rings is 2. The fraction of sp³-hybridized carbons (Fsp3) is 0.386. The third-order valence-electron chi connectivity index (χ3n) is 11.5. The number of amides is 2. The molecule has 3 N–H and O–H groups in total. The van der Waals surface area contributed by atoms with E-state index in [0.717, 1.165) is 48.8 Å². The van der Waals surface area contributed by atoms with Crippen molar-refractivity contribution in [2.45, 2.75) is 57.5 Å². The molecular weight excluding hydrogens is 821 g/mol. The molecule has 1 atom stereocenters. The van der Waals surface area contributed by atoms with Crippen LogP contribution in [0.15, 0.2) is 79.0 Å². The van der Waals surface area contributed by atoms with E-state index >= 15 is 8.78 Å². The van der Waals surface area contributed by atoms with Gasteiger partial charge in [0.1, 0.15) is 5.67 Å². The minimum atomic E-state index is -3.70. The zero-order valence-corrected chi connectivity index (χ0v) is 35.8. The first-order chi connectivity index (χ1) is 29.3. The Kier molecular flexibility index (Phi) is 12.3. The third kappa shape index (κ3) is 9.84. The Labute approximate surface area is 358 Å². The van der Waals surface area contributed by atoms with Crippen LogP contribution in [0.2, 0.25) is 0 Å². The number of sulfonamides is 1. The van der Waals surface area contributed by atoms with E-state index in [1.807, 2.05) is 55.5 Å². The molecule has 2 aromatic heterocycles. The van der Waals surface area contributed by atoms with Crippen molar-refractivity contribution in [3.63, 3.8) is 0 Å². The topological polar surface area (TPSA) is 153 Å². The second kappa shape index (κ2) is 17.8. The average Bonchev–Trinajstić information content (AvgIpc) is 3.64. The molecule has 61 heavy (non-hydrogen) atoms. The van der Waals surface area contributed by atoms with E-state index in [9.17, 15) is 18.0 Å². The minimum Gasteiger partial charge on any atom is -0.371 e. The number of nitrogens with zero attached hydrogens (tertiary/aromatic N) is 6. The minimum absolute atomic E-state index is 0.116. The first kappa shape index (κ1) is 42.2. The smallest absolute Gasteiger partial charge is 0.234 e. The first-order valence-corrected chi connectivity index (χ1v) is 23.1. The van der Waals surface area contributed by atoms with Crippen molar-refractivity contribution in [2.75, 3.05) is 71.4 Å². The number of carbonyl (C=O) groups excluding carboxylic acids is 2. The summed E-state index contributed by atoms with van der Waals surface area (Å²) in [7, 11) is -3.70. The van der Waals surface area contributed by atoms with Crippen LogP contribution in [-0.4, -0.2) is 97.3 Å². The van der Waals surface area contributed by atoms with Gasteiger partial charge in [-0.25, -0.2) is 32.2 Å². The number of nitrogens with one attached hydrogen (secondary N) is 3. The van der Waals surface area contributed by atoms with Gasteiger partial charge in [0.25, 0.3) is 0 Å². The van der Waals surface area contributed by atoms with Gasteiger partial charge in [0.05, 0.1) is 38.6 Å². The van der Waals surface area contributed by atoms with E-state index < -0.39 is 21.5 Å². The van der Waals surface area contributed by atoms with Crippen LogP contribution in [0.1, 0.15) is 55.5 Å². The molecule has 0 aliphatic carbocycles. The molecular formula is C44H49F2N9O4S2. The quantitative estimate of drug-likeness (QED) is 0.103. The Balaban J connectivity index is 0.836. The molecule has 5 aromatic rings. The van der Waals surface area contributed by atoms with E-state index in [1.165, 1.54) is 17.4 Å². The molecule has 8 rings (SSSR count). The molecule has 17 heteroatoms. The number of piperazine rings is 1. The summed E-state index contributed by atoms with van der Waals surface area (Å²) in [5, 5.41) is 6.40. The summed E-state index contributed by atoms with van der Waals surface area (Å²) in [5.74, 6) is -1.26. The standard InChI is InChI=1S/C44H49F2N9O4S2/c1-3-27-61(58,59)52-36-6-4-5-35(39(36)45)40-41(60-29(2)48-40)37-17-20-47-43(50-37)49-31-9-13-33(14-10-31)55-25-23-53(24-26-55)28-44(46)18-21-54(22-19-44)32-11-7-30(8-12-32)34-15-16-38(56)51-42(34)57/h4-14,17,20,34,52H,3,15-16,18-19,21-28H2,1-2H3,(H,47,49,50)(H,51,56,57)/t34-/m0/s1. The third-order valence-corrected chi connectivity index (χ3v) is 14.0. The first-order valence-electron chi connectivity index (χ1n) is 20.7. The van der Waals surface area contributed by atoms with Crippen molar-refractivity contribution in [1.82, 2.24) is 25.2 Å². The second-order valence-electron chi connectivity index (χ2n) is 15.9. The van der Waals surface area contributed by atoms with Gasteiger partial charge in [-0.2, -0.15) is 0 Å². The van der Waals surface area contributed by atoms with Crippen LogP contribution in [0.5, 0.6) is 0 Å². The Hall–Kier alpha value is -5.52. The normalized spacial score (nSPS) is 18.5. The van der Waals surface area contributed by atoms with Gasteiger partial charge in [-0.05, 0) is 79.9 Å². The number of alkyl halides is 1. The van der Waals surface area contributed by atoms with E-state index in [1.54, 1.807) is 31.3 Å². The van der Waals surface area contributed by atoms with Crippen molar-refractivity contribution < 1.29 is 26.8 Å². The molecule has 0 radical (unpaired) electrons. The van der Waals surface area contributed by atoms with Crippen LogP contribution >= 0.6 is 11.3 Å². The fourth-order valence-electron chi connectivity index (χ4n) is 8.31. The second-order valence-corrected chi connectivity index (χ2v) is 19.0. The highest BCUT2D eigenvalue weighted by atomic mass is 32.2. The molecule has 2 amide bonds. The molecule has 0 bridgehead atoms. The van der Waals surface area contributed by atoms with Gasteiger partial charge in [0, 0.05) is 93.9 Å². The van der Waals surface area contributed by atoms with Crippen LogP contribution < -0.4 is 25.2 Å². The number of thiazole rings is 1. The Morgan fingerprint density at radius 3 is 2.28 bits per heavy atom. The summed E-state index contributed by atoms with van der Waals surface area (Å²) < 4.78 is 59.1. The maximum Gasteiger partial charge on any atom is 0.234 e. The maximum atomic E-state index is 16.2. The van der Waals surface area contributed by atoms with Gasteiger partial charge in [0.15, 0.2) is 5.82 Å². The molecule has 5 heterocycles. The van der Waals surface area contributed by atoms with Crippen molar-refractivity contribution in [1.29, 1.82) is 0 Å². The van der Waals surface area contributed by atoms with Crippen LogP contribution in [0.25, 0.3) is 21.8 Å². The number of halogens is 2. The van der Waals surface area contributed by atoms with Crippen molar-refractivity contribution in [3.05, 3.63) is 95.4 Å². The molecule has 3 fully saturated rings. The summed E-state index contributed by atoms with van der Waals surface area (Å²) in [6, 6.07) is 22.2. The van der Waals surface area contributed by atoms with Gasteiger partial charge >= 0.3 is 0 Å². The van der Waals surface area contributed by atoms with Gasteiger partial charge in [0.2, 0.25) is 27.8 Å². The Bertz CT molecular complexity index is 2490. The summed E-state index contributed by atoms with van der Waals surface area (Å²) in [4.78, 5) is 45.0. The number of anilines is 5. The Morgan fingerprint density at radius 2 is 1.59 bits per heavy atom. The molecule has 3 aliphatic heterocycles. The van der Waals surface area contributed by atoms with Crippen LogP contribution in [0.4, 0.5) is 37.5 Å². The molecule has 3 aliphatic rings. The summed E-state index contributed by atoms with van der Waals surface area (Å²) in [5.41, 5.74) is 3.46. The lowest BCUT2D eigenvalue weighted by atomic mass is 9.89. The van der Waals surface area contributed by atoms with Crippen molar-refractivity contribution >= 4 is 61.9 Å². The number of rotatable bonds is 13. The van der Waals surface area contributed by atoms with Crippen LogP contribution in [0, 0.1) is 12.7 Å². The lowest BCUT2D eigenvalue weighted by Gasteiger charge is -2.43. The summed E-state index contributed by atoms with van der Waals surface area (Å²) in [6.45, 7) is 8.32. The Morgan fingerprint density at radius 1 is 0.902 bits per heavy atom. The predicted molar refractivity (Wildman–Crippen MR) is 236 cm³/mol. The number of aryl methyl sites for hydroxylation is 1. The lowest BCUT2D eigenvalue weighted by Crippen LogP contribution is -2.53. The predicted octanol–water partition coefficient (Wildman–Crippen LogP) is 7.26. The SMILES string of the molecule is CCCS(=O)(=O)Nc1cccc(-c2nc(C)sc2-c2ccnc(Nc3ccc(N4CCN(CC5(F)CCN(c6ccc([C@@H]7CCC(=O)NC7=O)cc6)CC5)CC4)cc3)n2)c1F. The highest BCUT2D eigenvalue weighted by molar-refractivity contribution is 7.92. The van der Waals surface area contributed by atoms with Crippen molar-refractivity contribution in [3.8, 4) is 21.8 Å². The van der Waals surface area contributed by atoms with E-state index in [4.69, 9.17) is 4.98 Å². The number of carbonyl (C=O) groups is 2. The van der Waals surface area contributed by atoms with Crippen LogP contribution in [0.3, 0.4) is 0 Å². The van der Waals surface area contributed by atoms with Gasteiger partial charge in [-0.1, -0.05) is 25.1 Å². The monoisotopic (exact) mass is 869 g/mol. The molecule has 0 saturated carbocycles. The van der Waals surface area contributed by atoms with Gasteiger partial charge < -0.3 is 15.1 Å². The largest absolute Gasteiger partial charge is 0.371 e. The number of hydrogen-bond acceptors (Lipinski definition) is 12. The zero-order valence-electron chi connectivity index (χ0n) is 34.2. The number of benzene rings is 3. The molecule has 0 unspecified atom stereocenters. The van der Waals surface area contributed by atoms with Gasteiger partial charge in [-0.3, -0.25) is 24.5 Å². The fourth-order valence-corrected chi connectivity index (χ4v) is 10.3. The molecule has 3 aromatic carbocycles. The molecule has 0 spiro atoms. The molecule has 320 valence electrons. The van der Waals surface area contributed by atoms with E-state index in [2.05, 4.69) is 40.0 Å². The molecule has 13 nitrogen and oxygen atoms in total. The van der Waals surface area contributed by atoms with E-state index in [0.29, 0.717) is 79.0 Å². The zero-order chi connectivity index (χ0) is 42.7.